The molecule has 0 spiro atoms. The Kier molecular flexibility index (Phi) is 6.52. The summed E-state index contributed by atoms with van der Waals surface area (Å²) < 4.78 is 38.9. The highest BCUT2D eigenvalue weighted by atomic mass is 79.9. The van der Waals surface area contributed by atoms with Crippen LogP contribution in [0.5, 0.6) is 11.8 Å². The van der Waals surface area contributed by atoms with Crippen molar-refractivity contribution in [3.63, 3.8) is 0 Å². The summed E-state index contributed by atoms with van der Waals surface area (Å²) in [5, 5.41) is 16.2. The number of aromatic nitrogens is 3. The average Bonchev–Trinajstić information content (AvgIpc) is 3.76. The first-order valence-electron chi connectivity index (χ1n) is 16.2. The molecule has 5 aliphatic rings. The number of nitrogens with zero attached hydrogens (tertiary/aromatic N) is 5. The molecule has 2 bridgehead atoms. The van der Waals surface area contributed by atoms with Gasteiger partial charge in [0.2, 0.25) is 0 Å². The van der Waals surface area contributed by atoms with Crippen molar-refractivity contribution in [3.8, 4) is 23.0 Å². The van der Waals surface area contributed by atoms with Crippen molar-refractivity contribution in [2.24, 2.45) is 5.92 Å². The van der Waals surface area contributed by atoms with Crippen molar-refractivity contribution in [2.75, 3.05) is 31.1 Å². The van der Waals surface area contributed by atoms with Gasteiger partial charge in [-0.3, -0.25) is 9.88 Å². The number of nitrogens with one attached hydrogen (secondary N) is 1. The molecule has 8 nitrogen and oxygen atoms in total. The van der Waals surface area contributed by atoms with Gasteiger partial charge in [0.25, 0.3) is 0 Å². The van der Waals surface area contributed by atoms with Crippen LogP contribution < -0.4 is 15.0 Å². The van der Waals surface area contributed by atoms with Gasteiger partial charge < -0.3 is 20.1 Å². The molecule has 11 heteroatoms. The smallest absolute Gasteiger partial charge is 0.319 e. The fourth-order valence-corrected chi connectivity index (χ4v) is 9.88. The van der Waals surface area contributed by atoms with Crippen LogP contribution in [0.2, 0.25) is 0 Å². The van der Waals surface area contributed by atoms with E-state index in [1.54, 1.807) is 12.3 Å². The van der Waals surface area contributed by atoms with Gasteiger partial charge in [0.1, 0.15) is 35.6 Å². The molecule has 1 saturated carbocycles. The summed E-state index contributed by atoms with van der Waals surface area (Å²) in [7, 11) is 0. The number of hydrogen-bond acceptors (Lipinski definition) is 8. The molecular weight excluding hydrogens is 642 g/mol. The number of phenols is 1. The van der Waals surface area contributed by atoms with Crippen molar-refractivity contribution in [1.29, 1.82) is 0 Å². The maximum atomic E-state index is 16.8. The zero-order valence-electron chi connectivity index (χ0n) is 24.9. The number of anilines is 1. The number of alkyl halides is 1. The van der Waals surface area contributed by atoms with E-state index in [1.807, 2.05) is 18.2 Å². The van der Waals surface area contributed by atoms with Crippen LogP contribution in [0.1, 0.15) is 44.9 Å². The molecule has 6 atom stereocenters. The van der Waals surface area contributed by atoms with E-state index in [-0.39, 0.29) is 35.1 Å². The second kappa shape index (κ2) is 10.4. The van der Waals surface area contributed by atoms with Crippen LogP contribution in [0.3, 0.4) is 0 Å². The highest BCUT2D eigenvalue weighted by Crippen LogP contribution is 2.52. The van der Waals surface area contributed by atoms with Gasteiger partial charge in [0, 0.05) is 65.8 Å². The predicted octanol–water partition coefficient (Wildman–Crippen LogP) is 6.13. The van der Waals surface area contributed by atoms with E-state index < -0.39 is 12.0 Å². The molecule has 0 amide bonds. The van der Waals surface area contributed by atoms with Crippen LogP contribution in [0.15, 0.2) is 41.0 Å². The molecule has 2 aromatic carbocycles. The molecule has 234 valence electrons. The highest BCUT2D eigenvalue weighted by Gasteiger charge is 2.58. The monoisotopic (exact) mass is 676 g/mol. The second-order valence-electron chi connectivity index (χ2n) is 13.8. The Bertz CT molecular complexity index is 1830. The molecule has 4 aromatic rings. The largest absolute Gasteiger partial charge is 0.508 e. The summed E-state index contributed by atoms with van der Waals surface area (Å²) in [5.74, 6) is 0.615. The summed E-state index contributed by atoms with van der Waals surface area (Å²) in [6, 6.07) is 10.0. The fourth-order valence-electron chi connectivity index (χ4n) is 9.28. The van der Waals surface area contributed by atoms with Gasteiger partial charge in [-0.15, -0.1) is 0 Å². The lowest BCUT2D eigenvalue weighted by molar-refractivity contribution is 0.0832. The lowest BCUT2D eigenvalue weighted by Crippen LogP contribution is -2.51. The van der Waals surface area contributed by atoms with E-state index in [1.165, 1.54) is 18.9 Å². The minimum absolute atomic E-state index is 0.0217. The number of halogens is 3. The van der Waals surface area contributed by atoms with Gasteiger partial charge in [0.05, 0.1) is 10.9 Å². The van der Waals surface area contributed by atoms with Gasteiger partial charge in [-0.05, 0) is 61.6 Å². The summed E-state index contributed by atoms with van der Waals surface area (Å²) in [4.78, 5) is 18.8. The highest BCUT2D eigenvalue weighted by molar-refractivity contribution is 9.10. The predicted molar refractivity (Wildman–Crippen MR) is 172 cm³/mol. The van der Waals surface area contributed by atoms with Crippen molar-refractivity contribution in [1.82, 2.24) is 25.2 Å². The normalized spacial score (nSPS) is 30.8. The van der Waals surface area contributed by atoms with Gasteiger partial charge in [0.15, 0.2) is 5.82 Å². The van der Waals surface area contributed by atoms with Crippen LogP contribution >= 0.6 is 15.9 Å². The minimum atomic E-state index is -0.873. The SMILES string of the molecule is Oc1cc(-c2ncc3c(N4CC5CCC(C4)N5)nc(OC[C@@]45C[C@@H](F)CN4[C@@H]4CCC[C@@H]4C5)nc3c2F)c2c(Br)cccc2c1. The number of phenolic OH excluding ortho intramolecular Hbond substituents is 1. The first-order chi connectivity index (χ1) is 21.8. The molecule has 4 aliphatic heterocycles. The summed E-state index contributed by atoms with van der Waals surface area (Å²) >= 11 is 3.61. The summed E-state index contributed by atoms with van der Waals surface area (Å²) in [6.45, 7) is 2.23. The Morgan fingerprint density at radius 1 is 1.07 bits per heavy atom. The standard InChI is InChI=1S/C34H35BrF2N6O2/c35-26-5-1-3-18-9-23(44)10-24(28(18)26)30-29(37)31-25(13-38-30)32(42-15-21-7-8-22(16-42)39-21)41-33(40-31)45-17-34-11-19-4-2-6-27(19)43(34)14-20(36)12-34/h1,3,5,9-10,13,19-22,27,39,44H,2,4,6-8,11-12,14-17H2/t19-,20-,21?,22?,27-,34-/m1/s1. The van der Waals surface area contributed by atoms with Crippen LogP contribution in [-0.4, -0.2) is 81.0 Å². The Morgan fingerprint density at radius 3 is 2.76 bits per heavy atom. The zero-order valence-corrected chi connectivity index (χ0v) is 26.4. The lowest BCUT2D eigenvalue weighted by Gasteiger charge is -2.35. The van der Waals surface area contributed by atoms with E-state index in [9.17, 15) is 9.50 Å². The molecule has 2 N–H and O–H groups in total. The number of rotatable bonds is 5. The number of hydrogen-bond donors (Lipinski definition) is 2. The third-order valence-electron chi connectivity index (χ3n) is 11.1. The Morgan fingerprint density at radius 2 is 1.91 bits per heavy atom. The van der Waals surface area contributed by atoms with Crippen molar-refractivity contribution < 1.29 is 18.6 Å². The Balaban J connectivity index is 1.15. The van der Waals surface area contributed by atoms with E-state index in [2.05, 4.69) is 41.0 Å². The Hall–Kier alpha value is -3.15. The number of fused-ring (bicyclic) bond motifs is 7. The van der Waals surface area contributed by atoms with Crippen molar-refractivity contribution in [2.45, 2.75) is 74.8 Å². The third kappa shape index (κ3) is 4.52. The molecular formula is C34H35BrF2N6O2. The topological polar surface area (TPSA) is 86.6 Å². The van der Waals surface area contributed by atoms with E-state index in [0.717, 1.165) is 54.0 Å². The van der Waals surface area contributed by atoms with Gasteiger partial charge in [-0.1, -0.05) is 34.5 Å². The molecule has 4 saturated heterocycles. The molecule has 2 unspecified atom stereocenters. The number of pyridine rings is 1. The molecule has 45 heavy (non-hydrogen) atoms. The molecule has 2 aromatic heterocycles. The first-order valence-corrected chi connectivity index (χ1v) is 17.0. The van der Waals surface area contributed by atoms with Crippen LogP contribution in [0, 0.1) is 11.7 Å². The van der Waals surface area contributed by atoms with E-state index in [0.29, 0.717) is 53.8 Å². The number of benzene rings is 2. The molecule has 5 fully saturated rings. The minimum Gasteiger partial charge on any atom is -0.508 e. The van der Waals surface area contributed by atoms with Crippen LogP contribution in [-0.2, 0) is 0 Å². The first kappa shape index (κ1) is 28.1. The van der Waals surface area contributed by atoms with E-state index >= 15 is 4.39 Å². The number of piperazine rings is 1. The maximum Gasteiger partial charge on any atom is 0.319 e. The maximum absolute atomic E-state index is 16.8. The third-order valence-corrected chi connectivity index (χ3v) is 11.7. The van der Waals surface area contributed by atoms with E-state index in [4.69, 9.17) is 9.72 Å². The summed E-state index contributed by atoms with van der Waals surface area (Å²) in [6.07, 6.45) is 7.82. The second-order valence-corrected chi connectivity index (χ2v) is 14.7. The van der Waals surface area contributed by atoms with Crippen molar-refractivity contribution in [3.05, 3.63) is 46.8 Å². The van der Waals surface area contributed by atoms with Crippen LogP contribution in [0.25, 0.3) is 32.9 Å². The number of ether oxygens (including phenoxy) is 1. The number of aromatic hydroxyl groups is 1. The van der Waals surface area contributed by atoms with Gasteiger partial charge in [-0.2, -0.15) is 9.97 Å². The average molecular weight is 678 g/mol. The summed E-state index contributed by atoms with van der Waals surface area (Å²) in [5.41, 5.74) is 0.306. The Labute approximate surface area is 268 Å². The fraction of sp³-hybridized carbons (Fsp3) is 0.500. The van der Waals surface area contributed by atoms with Gasteiger partial charge in [-0.25, -0.2) is 8.78 Å². The lowest BCUT2D eigenvalue weighted by atomic mass is 9.89. The quantitative estimate of drug-likeness (QED) is 0.261. The van der Waals surface area contributed by atoms with Crippen LogP contribution in [0.4, 0.5) is 14.6 Å². The zero-order chi connectivity index (χ0) is 30.4. The molecule has 1 aliphatic carbocycles. The van der Waals surface area contributed by atoms with Gasteiger partial charge >= 0.3 is 6.01 Å². The molecule has 9 rings (SSSR count). The van der Waals surface area contributed by atoms with Crippen molar-refractivity contribution >= 4 is 43.4 Å². The molecule has 6 heterocycles. The molecule has 0 radical (unpaired) electrons.